The molecular formula is C45H82N2. The third-order valence-corrected chi connectivity index (χ3v) is 10.8. The fourth-order valence-electron chi connectivity index (χ4n) is 7.58. The molecule has 2 nitrogen and oxygen atoms in total. The fraction of sp³-hybridized carbons (Fsp3) is 0.822. The Kier molecular flexibility index (Phi) is 28.2. The van der Waals surface area contributed by atoms with E-state index in [0.29, 0.717) is 6.17 Å². The summed E-state index contributed by atoms with van der Waals surface area (Å²) in [7, 11) is 0. The molecule has 272 valence electrons. The average Bonchev–Trinajstić information content (AvgIpc) is 3.47. The molecule has 1 aliphatic rings. The van der Waals surface area contributed by atoms with Crippen LogP contribution in [0.25, 0.3) is 0 Å². The van der Waals surface area contributed by atoms with Crippen molar-refractivity contribution < 1.29 is 0 Å². The summed E-state index contributed by atoms with van der Waals surface area (Å²) in [5.74, 6) is 0. The second kappa shape index (κ2) is 31.8. The van der Waals surface area contributed by atoms with Gasteiger partial charge in [0.2, 0.25) is 0 Å². The maximum atomic E-state index is 2.65. The molecule has 1 aliphatic heterocycles. The largest absolute Gasteiger partial charge is 0.356 e. The molecule has 2 rings (SSSR count). The predicted octanol–water partition coefficient (Wildman–Crippen LogP) is 14.8. The van der Waals surface area contributed by atoms with Crippen LogP contribution in [0.4, 0.5) is 0 Å². The Bertz CT molecular complexity index is 788. The van der Waals surface area contributed by atoms with E-state index >= 15 is 0 Å². The Labute approximate surface area is 295 Å². The highest BCUT2D eigenvalue weighted by Crippen LogP contribution is 2.23. The summed E-state index contributed by atoms with van der Waals surface area (Å²) >= 11 is 0. The number of hydrogen-bond acceptors (Lipinski definition) is 2. The molecule has 47 heavy (non-hydrogen) atoms. The summed E-state index contributed by atoms with van der Waals surface area (Å²) in [6.45, 7) is 7.04. The number of unbranched alkanes of at least 4 members (excludes halogenated alkanes) is 29. The van der Waals surface area contributed by atoms with Gasteiger partial charge < -0.3 is 9.80 Å². The first-order chi connectivity index (χ1) is 23.3. The summed E-state index contributed by atoms with van der Waals surface area (Å²) in [4.78, 5) is 5.31. The topological polar surface area (TPSA) is 6.48 Å². The Balaban J connectivity index is 1.48. The molecule has 1 unspecified atom stereocenters. The summed E-state index contributed by atoms with van der Waals surface area (Å²) in [6, 6.07) is 11.2. The van der Waals surface area contributed by atoms with Crippen molar-refractivity contribution in [1.29, 1.82) is 0 Å². The molecule has 1 heterocycles. The monoisotopic (exact) mass is 651 g/mol. The number of nitrogens with zero attached hydrogens (tertiary/aromatic N) is 2. The second-order valence-corrected chi connectivity index (χ2v) is 15.2. The van der Waals surface area contributed by atoms with E-state index in [9.17, 15) is 0 Å². The van der Waals surface area contributed by atoms with Crippen molar-refractivity contribution in [3.8, 4) is 0 Å². The predicted molar refractivity (Wildman–Crippen MR) is 211 cm³/mol. The van der Waals surface area contributed by atoms with Crippen LogP contribution in [0.1, 0.15) is 218 Å². The van der Waals surface area contributed by atoms with Gasteiger partial charge in [0, 0.05) is 31.9 Å². The minimum Gasteiger partial charge on any atom is -0.356 e. The van der Waals surface area contributed by atoms with E-state index in [2.05, 4.69) is 66.4 Å². The molecule has 0 spiro atoms. The molecule has 0 fully saturated rings. The number of rotatable bonds is 35. The van der Waals surface area contributed by atoms with E-state index in [0.717, 1.165) is 6.42 Å². The fourth-order valence-corrected chi connectivity index (χ4v) is 7.58. The Morgan fingerprint density at radius 1 is 0.362 bits per heavy atom. The van der Waals surface area contributed by atoms with E-state index < -0.39 is 0 Å². The molecule has 0 aromatic heterocycles. The number of benzene rings is 1. The Morgan fingerprint density at radius 2 is 0.638 bits per heavy atom. The zero-order valence-electron chi connectivity index (χ0n) is 32.1. The van der Waals surface area contributed by atoms with Crippen molar-refractivity contribution in [3.05, 3.63) is 48.3 Å². The van der Waals surface area contributed by atoms with Gasteiger partial charge in [0.05, 0.1) is 0 Å². The van der Waals surface area contributed by atoms with Gasteiger partial charge in [-0.05, 0) is 18.4 Å². The highest BCUT2D eigenvalue weighted by molar-refractivity contribution is 5.17. The maximum absolute atomic E-state index is 2.65. The standard InChI is InChI=1S/C45H82N2/c1-3-5-7-9-11-13-15-17-19-20-21-23-25-27-29-31-36-40-47-42-41-46(45(47)43-44-37-33-32-34-38-44)39-35-30-28-26-24-22-18-16-14-12-10-8-6-4-2/h32-34,37-38,41-42,45H,3-31,35-36,39-40,43H2,1-2H3. The lowest BCUT2D eigenvalue weighted by Gasteiger charge is -2.33. The van der Waals surface area contributed by atoms with Crippen LogP contribution in [0, 0.1) is 0 Å². The molecular weight excluding hydrogens is 569 g/mol. The van der Waals surface area contributed by atoms with Gasteiger partial charge in [-0.15, -0.1) is 0 Å². The van der Waals surface area contributed by atoms with Gasteiger partial charge >= 0.3 is 0 Å². The van der Waals surface area contributed by atoms with Gasteiger partial charge in [-0.2, -0.15) is 0 Å². The summed E-state index contributed by atoms with van der Waals surface area (Å²) in [6.07, 6.45) is 51.0. The van der Waals surface area contributed by atoms with Crippen LogP contribution in [0.5, 0.6) is 0 Å². The van der Waals surface area contributed by atoms with Crippen LogP contribution in [0.3, 0.4) is 0 Å². The van der Waals surface area contributed by atoms with Gasteiger partial charge in [0.25, 0.3) is 0 Å². The van der Waals surface area contributed by atoms with E-state index in [1.54, 1.807) is 0 Å². The quantitative estimate of drug-likeness (QED) is 0.0675. The molecule has 0 radical (unpaired) electrons. The van der Waals surface area contributed by atoms with Gasteiger partial charge in [-0.3, -0.25) is 0 Å². The first-order valence-corrected chi connectivity index (χ1v) is 21.6. The zero-order valence-corrected chi connectivity index (χ0v) is 32.1. The van der Waals surface area contributed by atoms with Crippen LogP contribution in [-0.4, -0.2) is 29.1 Å². The minimum atomic E-state index is 0.500. The lowest BCUT2D eigenvalue weighted by atomic mass is 10.0. The summed E-state index contributed by atoms with van der Waals surface area (Å²) < 4.78 is 0. The van der Waals surface area contributed by atoms with Crippen molar-refractivity contribution in [1.82, 2.24) is 9.80 Å². The smallest absolute Gasteiger partial charge is 0.105 e. The molecule has 0 N–H and O–H groups in total. The van der Waals surface area contributed by atoms with E-state index in [1.807, 2.05) is 0 Å². The summed E-state index contributed by atoms with van der Waals surface area (Å²) in [5.41, 5.74) is 1.47. The van der Waals surface area contributed by atoms with E-state index in [1.165, 1.54) is 218 Å². The number of hydrogen-bond donors (Lipinski definition) is 0. The first-order valence-electron chi connectivity index (χ1n) is 21.6. The zero-order chi connectivity index (χ0) is 33.3. The third kappa shape index (κ3) is 23.5. The highest BCUT2D eigenvalue weighted by Gasteiger charge is 2.25. The normalized spacial score (nSPS) is 14.6. The van der Waals surface area contributed by atoms with Crippen LogP contribution in [0.15, 0.2) is 42.7 Å². The lowest BCUT2D eigenvalue weighted by molar-refractivity contribution is 0.148. The van der Waals surface area contributed by atoms with Crippen molar-refractivity contribution >= 4 is 0 Å². The molecule has 0 saturated carbocycles. The molecule has 0 amide bonds. The lowest BCUT2D eigenvalue weighted by Crippen LogP contribution is -2.41. The second-order valence-electron chi connectivity index (χ2n) is 15.2. The van der Waals surface area contributed by atoms with E-state index in [-0.39, 0.29) is 0 Å². The van der Waals surface area contributed by atoms with Gasteiger partial charge in [-0.25, -0.2) is 0 Å². The van der Waals surface area contributed by atoms with Crippen LogP contribution >= 0.6 is 0 Å². The van der Waals surface area contributed by atoms with Crippen LogP contribution in [-0.2, 0) is 6.42 Å². The molecule has 1 aromatic carbocycles. The molecule has 0 bridgehead atoms. The van der Waals surface area contributed by atoms with Crippen molar-refractivity contribution in [2.75, 3.05) is 13.1 Å². The molecule has 1 aromatic rings. The molecule has 2 heteroatoms. The van der Waals surface area contributed by atoms with Gasteiger partial charge in [-0.1, -0.05) is 230 Å². The van der Waals surface area contributed by atoms with Crippen molar-refractivity contribution in [3.63, 3.8) is 0 Å². The third-order valence-electron chi connectivity index (χ3n) is 10.8. The molecule has 0 aliphatic carbocycles. The summed E-state index contributed by atoms with van der Waals surface area (Å²) in [5, 5.41) is 0. The minimum absolute atomic E-state index is 0.500. The van der Waals surface area contributed by atoms with E-state index in [4.69, 9.17) is 0 Å². The van der Waals surface area contributed by atoms with Gasteiger partial charge in [0.15, 0.2) is 0 Å². The van der Waals surface area contributed by atoms with Crippen molar-refractivity contribution in [2.24, 2.45) is 0 Å². The highest BCUT2D eigenvalue weighted by atomic mass is 15.4. The molecule has 1 atom stereocenters. The SMILES string of the molecule is CCCCCCCCCCCCCCCCCCCN1C=CN(CCCCCCCCCCCCCCCC)C1Cc1ccccc1. The van der Waals surface area contributed by atoms with Crippen LogP contribution in [0.2, 0.25) is 0 Å². The maximum Gasteiger partial charge on any atom is 0.105 e. The van der Waals surface area contributed by atoms with Crippen LogP contribution < -0.4 is 0 Å². The van der Waals surface area contributed by atoms with Crippen molar-refractivity contribution in [2.45, 2.75) is 225 Å². The van der Waals surface area contributed by atoms with Gasteiger partial charge in [0.1, 0.15) is 6.17 Å². The average molecular weight is 651 g/mol. The molecule has 0 saturated heterocycles. The Hall–Kier alpha value is -1.44. The Morgan fingerprint density at radius 3 is 0.936 bits per heavy atom. The first kappa shape index (κ1) is 41.7.